The predicted molar refractivity (Wildman–Crippen MR) is 105 cm³/mol. The van der Waals surface area contributed by atoms with Gasteiger partial charge in [0.25, 0.3) is 10.0 Å². The Morgan fingerprint density at radius 3 is 2.69 bits per heavy atom. The van der Waals surface area contributed by atoms with Crippen LogP contribution in [0, 0.1) is 11.8 Å². The Morgan fingerprint density at radius 2 is 2.12 bits per heavy atom. The fourth-order valence-electron chi connectivity index (χ4n) is 3.57. The largest absolute Gasteiger partial charge is 0.376 e. The number of rotatable bonds is 6. The molecule has 0 radical (unpaired) electrons. The lowest BCUT2D eigenvalue weighted by molar-refractivity contribution is -0.127. The first kappa shape index (κ1) is 20.3. The van der Waals surface area contributed by atoms with Gasteiger partial charge < -0.3 is 10.1 Å². The van der Waals surface area contributed by atoms with Crippen molar-refractivity contribution in [1.82, 2.24) is 9.62 Å². The van der Waals surface area contributed by atoms with Gasteiger partial charge in [0.15, 0.2) is 0 Å². The van der Waals surface area contributed by atoms with Crippen LogP contribution in [0.25, 0.3) is 0 Å². The van der Waals surface area contributed by atoms with E-state index in [0.29, 0.717) is 36.7 Å². The van der Waals surface area contributed by atoms with Gasteiger partial charge in [0.05, 0.1) is 9.89 Å². The Morgan fingerprint density at radius 1 is 1.38 bits per heavy atom. The van der Waals surface area contributed by atoms with Crippen LogP contribution in [0.3, 0.4) is 0 Å². The molecule has 1 aromatic heterocycles. The summed E-state index contributed by atoms with van der Waals surface area (Å²) in [5, 5.41) is 2.99. The van der Waals surface area contributed by atoms with Gasteiger partial charge in [0.2, 0.25) is 5.91 Å². The molecule has 3 heterocycles. The second-order valence-corrected chi connectivity index (χ2v) is 11.6. The molecule has 0 spiro atoms. The summed E-state index contributed by atoms with van der Waals surface area (Å²) < 4.78 is 33.6. The number of carbonyl (C=O) groups is 1. The average Bonchev–Trinajstić information content (AvgIpc) is 3.31. The van der Waals surface area contributed by atoms with Crippen LogP contribution in [-0.4, -0.2) is 51.0 Å². The van der Waals surface area contributed by atoms with Crippen LogP contribution in [0.2, 0.25) is 0 Å². The number of sulfonamides is 1. The Hall–Kier alpha value is -0.480. The van der Waals surface area contributed by atoms with Crippen molar-refractivity contribution < 1.29 is 17.9 Å². The van der Waals surface area contributed by atoms with Crippen molar-refractivity contribution in [2.24, 2.45) is 11.8 Å². The molecular formula is C17H25BrN2O4S2. The van der Waals surface area contributed by atoms with E-state index in [1.54, 1.807) is 16.4 Å². The van der Waals surface area contributed by atoms with Gasteiger partial charge in [0.1, 0.15) is 4.21 Å². The fraction of sp³-hybridized carbons (Fsp3) is 0.706. The molecule has 2 fully saturated rings. The summed E-state index contributed by atoms with van der Waals surface area (Å²) in [7, 11) is -3.43. The van der Waals surface area contributed by atoms with Gasteiger partial charge in [-0.15, -0.1) is 11.3 Å². The lowest BCUT2D eigenvalue weighted by Crippen LogP contribution is -2.43. The number of amides is 1. The smallest absolute Gasteiger partial charge is 0.252 e. The highest BCUT2D eigenvalue weighted by atomic mass is 79.9. The molecule has 26 heavy (non-hydrogen) atoms. The highest BCUT2D eigenvalue weighted by Gasteiger charge is 2.34. The third-order valence-electron chi connectivity index (χ3n) is 5.29. The minimum atomic E-state index is -3.43. The zero-order chi connectivity index (χ0) is 18.7. The van der Waals surface area contributed by atoms with Crippen molar-refractivity contribution in [3.8, 4) is 0 Å². The van der Waals surface area contributed by atoms with Crippen molar-refractivity contribution in [2.45, 2.75) is 42.9 Å². The van der Waals surface area contributed by atoms with Crippen molar-refractivity contribution >= 4 is 43.2 Å². The Bertz CT molecular complexity index is 723. The van der Waals surface area contributed by atoms with Gasteiger partial charge in [-0.25, -0.2) is 8.42 Å². The first-order valence-electron chi connectivity index (χ1n) is 9.02. The van der Waals surface area contributed by atoms with Crippen LogP contribution >= 0.6 is 27.3 Å². The van der Waals surface area contributed by atoms with E-state index in [2.05, 4.69) is 21.2 Å². The molecule has 0 saturated carbocycles. The summed E-state index contributed by atoms with van der Waals surface area (Å²) in [5.74, 6) is 0.141. The lowest BCUT2D eigenvalue weighted by Gasteiger charge is -2.33. The van der Waals surface area contributed by atoms with E-state index in [1.165, 1.54) is 11.3 Å². The molecule has 2 aliphatic rings. The van der Waals surface area contributed by atoms with Gasteiger partial charge in [-0.2, -0.15) is 4.31 Å². The minimum Gasteiger partial charge on any atom is -0.376 e. The van der Waals surface area contributed by atoms with Crippen molar-refractivity contribution in [3.05, 3.63) is 15.9 Å². The number of ether oxygens (including phenoxy) is 1. The molecule has 146 valence electrons. The number of piperidine rings is 1. The van der Waals surface area contributed by atoms with Crippen LogP contribution in [-0.2, 0) is 19.6 Å². The van der Waals surface area contributed by atoms with Gasteiger partial charge >= 0.3 is 0 Å². The first-order chi connectivity index (χ1) is 12.4. The van der Waals surface area contributed by atoms with Gasteiger partial charge in [0, 0.05) is 32.2 Å². The van der Waals surface area contributed by atoms with E-state index in [4.69, 9.17) is 4.74 Å². The maximum atomic E-state index is 12.7. The number of nitrogens with zero attached hydrogens (tertiary/aromatic N) is 1. The highest BCUT2D eigenvalue weighted by Crippen LogP contribution is 2.32. The third kappa shape index (κ3) is 4.67. The van der Waals surface area contributed by atoms with Crippen LogP contribution in [0.1, 0.15) is 32.6 Å². The number of thiophene rings is 1. The Balaban J connectivity index is 1.50. The summed E-state index contributed by atoms with van der Waals surface area (Å²) >= 11 is 4.54. The molecule has 0 aliphatic carbocycles. The summed E-state index contributed by atoms with van der Waals surface area (Å²) in [6.45, 7) is 4.22. The van der Waals surface area contributed by atoms with Crippen molar-refractivity contribution in [1.29, 1.82) is 0 Å². The maximum Gasteiger partial charge on any atom is 0.252 e. The highest BCUT2D eigenvalue weighted by molar-refractivity contribution is 9.11. The summed E-state index contributed by atoms with van der Waals surface area (Å²) in [6.07, 6.45) is 3.62. The standard InChI is InChI=1S/C17H25BrN2O4S2/c1-12(17(21)19-11-14-3-2-10-24-14)13-6-8-20(9-7-13)26(22,23)16-5-4-15(18)25-16/h4-5,12-14H,2-3,6-11H2,1H3,(H,19,21)/t12-,14-/m1/s1. The maximum absolute atomic E-state index is 12.7. The van der Waals surface area contributed by atoms with E-state index in [0.717, 1.165) is 23.2 Å². The average molecular weight is 465 g/mol. The quantitative estimate of drug-likeness (QED) is 0.701. The van der Waals surface area contributed by atoms with E-state index in [1.807, 2.05) is 6.92 Å². The molecule has 1 amide bonds. The fourth-order valence-corrected chi connectivity index (χ4v) is 7.21. The molecule has 2 saturated heterocycles. The molecule has 3 rings (SSSR count). The second kappa shape index (κ2) is 8.68. The number of hydrogen-bond acceptors (Lipinski definition) is 5. The van der Waals surface area contributed by atoms with Gasteiger partial charge in [-0.05, 0) is 59.7 Å². The number of nitrogens with one attached hydrogen (secondary N) is 1. The van der Waals surface area contributed by atoms with Crippen LogP contribution in [0.15, 0.2) is 20.1 Å². The van der Waals surface area contributed by atoms with E-state index < -0.39 is 10.0 Å². The monoisotopic (exact) mass is 464 g/mol. The predicted octanol–water partition coefficient (Wildman–Crippen LogP) is 2.84. The summed E-state index contributed by atoms with van der Waals surface area (Å²) in [4.78, 5) is 12.4. The Kier molecular flexibility index (Phi) is 6.77. The van der Waals surface area contributed by atoms with E-state index in [9.17, 15) is 13.2 Å². The van der Waals surface area contributed by atoms with E-state index in [-0.39, 0.29) is 23.8 Å². The van der Waals surface area contributed by atoms with Crippen molar-refractivity contribution in [3.63, 3.8) is 0 Å². The van der Waals surface area contributed by atoms with Crippen LogP contribution in [0.5, 0.6) is 0 Å². The molecule has 9 heteroatoms. The zero-order valence-corrected chi connectivity index (χ0v) is 18.0. The van der Waals surface area contributed by atoms with Crippen LogP contribution in [0.4, 0.5) is 0 Å². The molecule has 0 aromatic carbocycles. The summed E-state index contributed by atoms with van der Waals surface area (Å²) in [5.41, 5.74) is 0. The van der Waals surface area contributed by atoms with Crippen molar-refractivity contribution in [2.75, 3.05) is 26.2 Å². The van der Waals surface area contributed by atoms with Gasteiger partial charge in [-0.3, -0.25) is 4.79 Å². The third-order valence-corrected chi connectivity index (χ3v) is 9.28. The lowest BCUT2D eigenvalue weighted by atomic mass is 9.85. The SMILES string of the molecule is C[C@@H](C(=O)NC[C@H]1CCCO1)C1CCN(S(=O)(=O)c2ccc(Br)s2)CC1. The summed E-state index contributed by atoms with van der Waals surface area (Å²) in [6, 6.07) is 3.39. The Labute approximate surface area is 167 Å². The van der Waals surface area contributed by atoms with Crippen LogP contribution < -0.4 is 5.32 Å². The molecule has 2 atom stereocenters. The molecular weight excluding hydrogens is 440 g/mol. The topological polar surface area (TPSA) is 75.7 Å². The molecule has 2 aliphatic heterocycles. The zero-order valence-electron chi connectivity index (χ0n) is 14.8. The molecule has 1 aromatic rings. The second-order valence-electron chi connectivity index (χ2n) is 6.97. The number of halogens is 1. The normalized spacial score (nSPS) is 23.8. The molecule has 6 nitrogen and oxygen atoms in total. The minimum absolute atomic E-state index is 0.0454. The first-order valence-corrected chi connectivity index (χ1v) is 12.1. The van der Waals surface area contributed by atoms with E-state index >= 15 is 0 Å². The molecule has 0 unspecified atom stereocenters. The molecule has 1 N–H and O–H groups in total. The number of hydrogen-bond donors (Lipinski definition) is 1. The number of carbonyl (C=O) groups excluding carboxylic acids is 1. The molecule has 0 bridgehead atoms. The van der Waals surface area contributed by atoms with Gasteiger partial charge in [-0.1, -0.05) is 6.92 Å².